The Morgan fingerprint density at radius 2 is 1.12 bits per heavy atom. The molecule has 0 saturated heterocycles. The molecule has 0 amide bonds. The first-order valence-corrected chi connectivity index (χ1v) is 3.11. The predicted molar refractivity (Wildman–Crippen MR) is 32.8 cm³/mol. The van der Waals surface area contributed by atoms with Crippen molar-refractivity contribution in [1.29, 1.82) is 0 Å². The summed E-state index contributed by atoms with van der Waals surface area (Å²) < 4.78 is 0. The van der Waals surface area contributed by atoms with E-state index in [2.05, 4.69) is 0 Å². The molecule has 0 rings (SSSR count). The van der Waals surface area contributed by atoms with E-state index < -0.39 is 36.4 Å². The quantitative estimate of drug-likeness (QED) is 0.344. The zero-order valence-electron chi connectivity index (χ0n) is 7.72. The molecule has 0 radical (unpaired) electrons. The third-order valence-corrected chi connectivity index (χ3v) is 1.25. The van der Waals surface area contributed by atoms with Gasteiger partial charge in [0.2, 0.25) is 0 Å². The van der Waals surface area contributed by atoms with Crippen LogP contribution in [0, 0.1) is 0 Å². The molecule has 0 spiro atoms. The van der Waals surface area contributed by atoms with Crippen LogP contribution in [0.4, 0.5) is 0 Å². The molecule has 0 heterocycles. The Morgan fingerprint density at radius 3 is 1.24 bits per heavy atom. The van der Waals surface area contributed by atoms with Crippen molar-refractivity contribution in [3.63, 3.8) is 0 Å². The minimum atomic E-state index is -2.97. The molecular formula is C6H7Ag3O8. The van der Waals surface area contributed by atoms with Crippen LogP contribution in [0.5, 0.6) is 0 Å². The summed E-state index contributed by atoms with van der Waals surface area (Å²) in [5, 5.41) is 38.9. The summed E-state index contributed by atoms with van der Waals surface area (Å²) in [5.74, 6) is -5.98. The monoisotopic (exact) mass is 528 g/mol. The van der Waals surface area contributed by atoms with Crippen molar-refractivity contribution in [2.24, 2.45) is 0 Å². The van der Waals surface area contributed by atoms with Crippen LogP contribution in [-0.4, -0.2) is 34.1 Å². The molecule has 0 aliphatic heterocycles. The fourth-order valence-corrected chi connectivity index (χ4v) is 0.684. The third kappa shape index (κ3) is 12.8. The second kappa shape index (κ2) is 13.0. The Balaban J connectivity index is -0.000000120. The summed E-state index contributed by atoms with van der Waals surface area (Å²) in [4.78, 5) is 30.0. The van der Waals surface area contributed by atoms with Crippen molar-refractivity contribution in [2.45, 2.75) is 18.4 Å². The Morgan fingerprint density at radius 1 is 0.882 bits per heavy atom. The molecule has 0 bridgehead atoms. The van der Waals surface area contributed by atoms with E-state index in [-0.39, 0.29) is 72.6 Å². The Kier molecular flexibility index (Phi) is 23.3. The van der Waals surface area contributed by atoms with Crippen LogP contribution >= 0.6 is 0 Å². The van der Waals surface area contributed by atoms with Crippen molar-refractivity contribution in [3.8, 4) is 0 Å². The summed E-state index contributed by atoms with van der Waals surface area (Å²) in [7, 11) is 0. The average molecular weight is 531 g/mol. The van der Waals surface area contributed by atoms with Crippen LogP contribution in [0.1, 0.15) is 12.8 Å². The maximum Gasteiger partial charge on any atom is 1.00 e. The molecule has 0 unspecified atom stereocenters. The van der Waals surface area contributed by atoms with Gasteiger partial charge in [-0.3, -0.25) is 0 Å². The van der Waals surface area contributed by atoms with E-state index in [1.807, 2.05) is 0 Å². The van der Waals surface area contributed by atoms with E-state index in [4.69, 9.17) is 5.11 Å². The second-order valence-corrected chi connectivity index (χ2v) is 2.42. The van der Waals surface area contributed by atoms with Crippen molar-refractivity contribution >= 4 is 17.9 Å². The molecule has 0 saturated carbocycles. The summed E-state index contributed by atoms with van der Waals surface area (Å²) in [6.45, 7) is 0. The van der Waals surface area contributed by atoms with Crippen molar-refractivity contribution in [2.75, 3.05) is 0 Å². The minimum Gasteiger partial charge on any atom is -0.550 e. The van der Waals surface area contributed by atoms with Gasteiger partial charge in [-0.1, -0.05) is 0 Å². The van der Waals surface area contributed by atoms with Crippen LogP contribution in [0.15, 0.2) is 0 Å². The predicted octanol–water partition coefficient (Wildman–Crippen LogP) is -6.08. The topological polar surface area (TPSA) is 172 Å². The number of aliphatic carboxylic acids is 3. The molecule has 8 nitrogen and oxygen atoms in total. The van der Waals surface area contributed by atoms with Crippen molar-refractivity contribution in [1.82, 2.24) is 0 Å². The number of hydrogen-bond acceptors (Lipinski definition) is 7. The maximum absolute atomic E-state index is 10.1. The smallest absolute Gasteiger partial charge is 0.550 e. The zero-order chi connectivity index (χ0) is 10.6. The molecule has 0 fully saturated rings. The summed E-state index contributed by atoms with van der Waals surface area (Å²) in [6.07, 6.45) is -2.72. The van der Waals surface area contributed by atoms with Crippen LogP contribution in [0.3, 0.4) is 0 Å². The number of hydrogen-bond donors (Lipinski definition) is 1. The van der Waals surface area contributed by atoms with Gasteiger partial charge in [0, 0.05) is 24.8 Å². The molecule has 0 aromatic rings. The molecule has 0 aliphatic rings. The van der Waals surface area contributed by atoms with Crippen LogP contribution in [0.25, 0.3) is 0 Å². The first kappa shape index (κ1) is 30.5. The Bertz CT molecular complexity index is 240. The molecule has 0 atom stereocenters. The molecule has 0 aromatic heterocycles. The summed E-state index contributed by atoms with van der Waals surface area (Å²) in [5.41, 5.74) is -2.97. The van der Waals surface area contributed by atoms with E-state index in [1.54, 1.807) is 0 Å². The van der Waals surface area contributed by atoms with Gasteiger partial charge in [0.25, 0.3) is 0 Å². The second-order valence-electron chi connectivity index (χ2n) is 2.42. The Labute approximate surface area is 143 Å². The number of carbonyl (C=O) groups excluding carboxylic acids is 3. The molecule has 0 aromatic carbocycles. The number of aliphatic hydroxyl groups is 1. The zero-order valence-corrected chi connectivity index (χ0v) is 12.2. The first-order chi connectivity index (χ1) is 5.78. The Hall–Kier alpha value is 0.551. The summed E-state index contributed by atoms with van der Waals surface area (Å²) >= 11 is 0. The molecule has 0 aliphatic carbocycles. The van der Waals surface area contributed by atoms with Gasteiger partial charge in [-0.25, -0.2) is 0 Å². The largest absolute Gasteiger partial charge is 1.00 e. The molecule has 17 heavy (non-hydrogen) atoms. The number of rotatable bonds is 5. The first-order valence-electron chi connectivity index (χ1n) is 3.11. The van der Waals surface area contributed by atoms with Gasteiger partial charge in [0.1, 0.15) is 5.60 Å². The third-order valence-electron chi connectivity index (χ3n) is 1.25. The fraction of sp³-hybridized carbons (Fsp3) is 0.500. The van der Waals surface area contributed by atoms with E-state index in [0.29, 0.717) is 0 Å². The SMILES string of the molecule is O.O=C([O-])CC(O)(CC(=O)[O-])C(=O)[O-].[Ag+].[Ag+].[Ag+]. The van der Waals surface area contributed by atoms with Gasteiger partial charge in [0.05, 0.1) is 5.97 Å². The van der Waals surface area contributed by atoms with Gasteiger partial charge in [0.15, 0.2) is 0 Å². The van der Waals surface area contributed by atoms with E-state index in [1.165, 1.54) is 0 Å². The molecular weight excluding hydrogens is 524 g/mol. The fourth-order valence-electron chi connectivity index (χ4n) is 0.684. The van der Waals surface area contributed by atoms with Gasteiger partial charge >= 0.3 is 67.1 Å². The standard InChI is InChI=1S/C6H8O7.3Ag.H2O/c7-3(8)1-6(13,5(11)12)2-4(9)10;;;;/h13H,1-2H2,(H,7,8)(H,9,10)(H,11,12);;;;1H2/q;3*+1;/p-3. The van der Waals surface area contributed by atoms with E-state index >= 15 is 0 Å². The summed E-state index contributed by atoms with van der Waals surface area (Å²) in [6, 6.07) is 0. The van der Waals surface area contributed by atoms with Crippen LogP contribution in [0.2, 0.25) is 0 Å². The van der Waals surface area contributed by atoms with Crippen LogP contribution < -0.4 is 15.3 Å². The van der Waals surface area contributed by atoms with Crippen LogP contribution in [-0.2, 0) is 81.5 Å². The van der Waals surface area contributed by atoms with Gasteiger partial charge in [-0.2, -0.15) is 0 Å². The number of carboxylic acids is 3. The van der Waals surface area contributed by atoms with Crippen molar-refractivity contribution < 1.29 is 107 Å². The van der Waals surface area contributed by atoms with Gasteiger partial charge < -0.3 is 40.3 Å². The van der Waals surface area contributed by atoms with E-state index in [9.17, 15) is 29.7 Å². The molecule has 3 N–H and O–H groups in total. The average Bonchev–Trinajstić information content (AvgIpc) is 1.82. The normalized spacial score (nSPS) is 8.29. The minimum absolute atomic E-state index is 0. The molecule has 11 heteroatoms. The van der Waals surface area contributed by atoms with Gasteiger partial charge in [-0.15, -0.1) is 0 Å². The maximum atomic E-state index is 10.1. The number of carbonyl (C=O) groups is 3. The van der Waals surface area contributed by atoms with Crippen molar-refractivity contribution in [3.05, 3.63) is 0 Å². The number of carboxylic acid groups (broad SMARTS) is 3. The molecule has 112 valence electrons. The van der Waals surface area contributed by atoms with Gasteiger partial charge in [-0.05, 0) is 0 Å². The van der Waals surface area contributed by atoms with E-state index in [0.717, 1.165) is 0 Å².